The molecule has 0 aromatic rings. The molecule has 4 aliphatic heterocycles. The fourth-order valence-electron chi connectivity index (χ4n) is 7.06. The molecule has 0 spiro atoms. The number of nitrogens with zero attached hydrogens (tertiary/aromatic N) is 4. The first kappa shape index (κ1) is 111. The highest BCUT2D eigenvalue weighted by molar-refractivity contribution is 7.97. The van der Waals surface area contributed by atoms with Crippen LogP contribution in [0.3, 0.4) is 0 Å². The van der Waals surface area contributed by atoms with E-state index in [-0.39, 0.29) is 130 Å². The molecule has 7 atom stereocenters. The van der Waals surface area contributed by atoms with E-state index in [9.17, 15) is 86.3 Å². The molecular weight excluding hydrogens is 1320 g/mol. The van der Waals surface area contributed by atoms with Crippen LogP contribution in [0.4, 0.5) is 0 Å². The molecule has 100 heavy (non-hydrogen) atoms. The first-order valence-electron chi connectivity index (χ1n) is 33.0. The number of rotatable bonds is 19. The SMILES string of the molecule is CC(=O)CC(C)C(C)=O.CC(=O)CC(C)C(C)=O.CC1=C(C)C(=O)N(C)C1=O.CC1=CC(=O)N(C)C1=O.CC1CC(=O)N(C)C1=O.CCC(=O)CC(C)C(=O)O.CCC(C)=O.CCC(C)=O.CCC(CC)C(C)=O.CNC.CNC(=O)C(C)CC(=O)O.COC1CC(C)C(=O)N1C.CSC. The summed E-state index contributed by atoms with van der Waals surface area (Å²) >= 11 is 1.75. The van der Waals surface area contributed by atoms with Gasteiger partial charge >= 0.3 is 11.9 Å². The second kappa shape index (κ2) is 64.8. The average molecular weight is 1450 g/mol. The smallest absolute Gasteiger partial charge is 0.306 e. The fourth-order valence-corrected chi connectivity index (χ4v) is 7.06. The van der Waals surface area contributed by atoms with Crippen LogP contribution < -0.4 is 10.6 Å². The number of amides is 8. The van der Waals surface area contributed by atoms with E-state index < -0.39 is 23.8 Å². The number of imide groups is 3. The van der Waals surface area contributed by atoms with Crippen molar-refractivity contribution in [3.05, 3.63) is 22.8 Å². The second-order valence-corrected chi connectivity index (χ2v) is 24.9. The number of hydrogen-bond acceptors (Lipinski definition) is 21. The number of likely N-dealkylation sites (tertiary alicyclic amines) is 2. The van der Waals surface area contributed by atoms with Crippen LogP contribution in [0.1, 0.15) is 216 Å². The molecule has 4 N–H and O–H groups in total. The fraction of sp³-hybridized carbons (Fsp3) is 0.694. The molecule has 7 unspecified atom stereocenters. The van der Waals surface area contributed by atoms with Crippen LogP contribution in [0.2, 0.25) is 0 Å². The van der Waals surface area contributed by atoms with Crippen molar-refractivity contribution in [3.63, 3.8) is 0 Å². The van der Waals surface area contributed by atoms with Crippen LogP contribution in [0.25, 0.3) is 0 Å². The molecule has 0 saturated carbocycles. The van der Waals surface area contributed by atoms with E-state index in [0.29, 0.717) is 66.9 Å². The Labute approximate surface area is 601 Å². The standard InChI is InChI=1S/C7H13NO2.C7H9NO2.C7H12O3.2C7H12O2.C7H14O.C6H11NO3.C6H9NO2.C6H7NO2.2C4H8O.C2H7N.C2H6S/c1-5-4-6(10-3)8(2)7(5)9;1-4-5(2)7(10)8(3)6(4)9;1-3-6(8)4-5(2)7(9)10;2*1-5(7(3)9)4-6(2)8;1-4-7(5-2)6(3)8;1-4(3-5(8)9)6(10)7-2;2*1-4-3-5(8)7(2)6(4)9;2*1-3-4(2)5;2*1-3-2/h5-6H,4H2,1-3H3;1-3H3;5H,3-4H2,1-2H3,(H,9,10);2*5H,4H2,1-3H3;7H,4-5H2,1-3H3;4H,3H2,1-2H3,(H,7,10)(H,8,9);4H,3H2,1-2H3;3H,1-2H3;2*3H2,1-2H3;3H,1-2H3;1-2H3. The largest absolute Gasteiger partial charge is 0.481 e. The molecule has 4 aliphatic rings. The van der Waals surface area contributed by atoms with E-state index in [1.54, 1.807) is 107 Å². The van der Waals surface area contributed by atoms with Gasteiger partial charge in [0.25, 0.3) is 23.6 Å². The second-order valence-electron chi connectivity index (χ2n) is 24.0. The molecule has 0 radical (unpaired) electrons. The Bertz CT molecular complexity index is 2610. The number of Topliss-reactive ketones (excluding diaryl/α,β-unsaturated/α-hetero) is 8. The molecule has 578 valence electrons. The summed E-state index contributed by atoms with van der Waals surface area (Å²) in [5, 5.41) is 21.7. The Morgan fingerprint density at radius 2 is 0.910 bits per heavy atom. The van der Waals surface area contributed by atoms with Gasteiger partial charge in [0, 0.05) is 152 Å². The predicted octanol–water partition coefficient (Wildman–Crippen LogP) is 8.82. The summed E-state index contributed by atoms with van der Waals surface area (Å²) in [5.41, 5.74) is 1.64. The Morgan fingerprint density at radius 3 is 1.03 bits per heavy atom. The minimum atomic E-state index is -0.948. The van der Waals surface area contributed by atoms with E-state index in [0.717, 1.165) is 29.1 Å². The van der Waals surface area contributed by atoms with E-state index in [4.69, 9.17) is 14.9 Å². The van der Waals surface area contributed by atoms with Crippen LogP contribution in [-0.4, -0.2) is 210 Å². The number of nitrogens with one attached hydrogen (secondary N) is 2. The molecule has 0 aromatic carbocycles. The van der Waals surface area contributed by atoms with E-state index in [2.05, 4.69) is 24.5 Å². The third-order valence-corrected chi connectivity index (χ3v) is 14.4. The summed E-state index contributed by atoms with van der Waals surface area (Å²) < 4.78 is 5.07. The third-order valence-electron chi connectivity index (χ3n) is 14.4. The maximum Gasteiger partial charge on any atom is 0.306 e. The van der Waals surface area contributed by atoms with Gasteiger partial charge in [-0.15, -0.1) is 0 Å². The minimum Gasteiger partial charge on any atom is -0.481 e. The van der Waals surface area contributed by atoms with Gasteiger partial charge in [-0.05, 0) is 109 Å². The number of methoxy groups -OCH3 is 1. The number of hydrogen-bond donors (Lipinski definition) is 4. The minimum absolute atomic E-state index is 0.00231. The van der Waals surface area contributed by atoms with Gasteiger partial charge in [0.2, 0.25) is 23.6 Å². The van der Waals surface area contributed by atoms with Gasteiger partial charge in [-0.3, -0.25) is 81.8 Å². The zero-order valence-electron chi connectivity index (χ0n) is 66.3. The van der Waals surface area contributed by atoms with Gasteiger partial charge < -0.3 is 49.7 Å². The molecule has 0 bridgehead atoms. The number of carboxylic acid groups (broad SMARTS) is 2. The van der Waals surface area contributed by atoms with Crippen molar-refractivity contribution in [2.45, 2.75) is 222 Å². The van der Waals surface area contributed by atoms with Crippen molar-refractivity contribution in [3.8, 4) is 0 Å². The van der Waals surface area contributed by atoms with Gasteiger partial charge in [-0.25, -0.2) is 0 Å². The van der Waals surface area contributed by atoms with E-state index in [1.807, 2.05) is 47.4 Å². The first-order valence-corrected chi connectivity index (χ1v) is 34.7. The lowest BCUT2D eigenvalue weighted by molar-refractivity contribution is -0.143. The maximum absolute atomic E-state index is 11.1. The van der Waals surface area contributed by atoms with Crippen LogP contribution in [0.5, 0.6) is 0 Å². The van der Waals surface area contributed by atoms with Crippen molar-refractivity contribution < 1.29 is 101 Å². The molecule has 8 amide bonds. The van der Waals surface area contributed by atoms with E-state index in [1.165, 1.54) is 73.8 Å². The highest BCUT2D eigenvalue weighted by atomic mass is 32.2. The van der Waals surface area contributed by atoms with E-state index >= 15 is 0 Å². The van der Waals surface area contributed by atoms with Gasteiger partial charge in [-0.1, -0.05) is 76.2 Å². The summed E-state index contributed by atoms with van der Waals surface area (Å²) in [6.45, 7) is 35.7. The number of aliphatic carboxylic acids is 2. The summed E-state index contributed by atoms with van der Waals surface area (Å²) in [6, 6.07) is 0. The summed E-state index contributed by atoms with van der Waals surface area (Å²) in [5.74, 6) is -2.42. The Morgan fingerprint density at radius 1 is 0.540 bits per heavy atom. The molecule has 0 aliphatic carbocycles. The molecule has 4 heterocycles. The van der Waals surface area contributed by atoms with Crippen LogP contribution in [-0.2, 0) is 91.0 Å². The quantitative estimate of drug-likeness (QED) is 0.0877. The van der Waals surface area contributed by atoms with Crippen molar-refractivity contribution >= 4 is 117 Å². The van der Waals surface area contributed by atoms with Crippen molar-refractivity contribution in [1.82, 2.24) is 30.2 Å². The normalized spacial score (nSPS) is 16.2. The van der Waals surface area contributed by atoms with Gasteiger partial charge in [0.1, 0.15) is 52.5 Å². The number of thioether (sulfide) groups is 1. The Hall–Kier alpha value is -7.59. The number of ether oxygens (including phenoxy) is 1. The Kier molecular flexibility index (Phi) is 71.9. The van der Waals surface area contributed by atoms with Crippen molar-refractivity contribution in [2.24, 2.45) is 41.4 Å². The lowest BCUT2D eigenvalue weighted by Crippen LogP contribution is -2.30. The summed E-state index contributed by atoms with van der Waals surface area (Å²) in [7, 11) is 13.1. The van der Waals surface area contributed by atoms with Gasteiger partial charge in [0.05, 0.1) is 12.3 Å². The summed E-state index contributed by atoms with van der Waals surface area (Å²) in [6.07, 6.45) is 11.2. The molecular formula is C72H128N6O21S. The van der Waals surface area contributed by atoms with Gasteiger partial charge in [0.15, 0.2) is 0 Å². The number of carbonyl (C=O) groups is 18. The average Bonchev–Trinajstić information content (AvgIpc) is 1.71. The highest BCUT2D eigenvalue weighted by Gasteiger charge is 2.34. The molecule has 27 nitrogen and oxygen atoms in total. The molecule has 2 saturated heterocycles. The first-order chi connectivity index (χ1) is 45.8. The molecule has 2 fully saturated rings. The van der Waals surface area contributed by atoms with Crippen LogP contribution in [0.15, 0.2) is 22.8 Å². The molecule has 4 rings (SSSR count). The van der Waals surface area contributed by atoms with Crippen molar-refractivity contribution in [1.29, 1.82) is 0 Å². The number of likely N-dealkylation sites (N-methyl/N-ethyl adjacent to an activating group) is 2. The topological polar surface area (TPSA) is 394 Å². The lowest BCUT2D eigenvalue weighted by atomic mass is 10.00. The highest BCUT2D eigenvalue weighted by Crippen LogP contribution is 2.22. The Balaban J connectivity index is -0.000000130. The molecule has 0 aromatic heterocycles. The third kappa shape index (κ3) is 59.3. The zero-order chi connectivity index (χ0) is 81.4. The van der Waals surface area contributed by atoms with Crippen LogP contribution >= 0.6 is 11.8 Å². The van der Waals surface area contributed by atoms with Crippen LogP contribution in [0, 0.1) is 41.4 Å². The lowest BCUT2D eigenvalue weighted by Gasteiger charge is -2.16. The van der Waals surface area contributed by atoms with Crippen molar-refractivity contribution in [2.75, 3.05) is 69.0 Å². The number of ketones is 8. The summed E-state index contributed by atoms with van der Waals surface area (Å²) in [4.78, 5) is 195. The number of carbonyl (C=O) groups excluding carboxylic acids is 16. The number of carboxylic acids is 2. The molecule has 28 heteroatoms. The predicted molar refractivity (Wildman–Crippen MR) is 390 cm³/mol. The monoisotopic (exact) mass is 1440 g/mol. The van der Waals surface area contributed by atoms with Gasteiger partial charge in [-0.2, -0.15) is 11.8 Å². The zero-order valence-corrected chi connectivity index (χ0v) is 67.1. The maximum atomic E-state index is 11.1.